The molecule has 1 heterocycles. The summed E-state index contributed by atoms with van der Waals surface area (Å²) in [4.78, 5) is 16.7. The average Bonchev–Trinajstić information content (AvgIpc) is 3.57. The van der Waals surface area contributed by atoms with Crippen LogP contribution in [0.15, 0.2) is 36.4 Å². The topological polar surface area (TPSA) is 56.1 Å². The van der Waals surface area contributed by atoms with Gasteiger partial charge < -0.3 is 14.6 Å². The highest BCUT2D eigenvalue weighted by atomic mass is 35.5. The molecule has 0 atom stereocenters. The summed E-state index contributed by atoms with van der Waals surface area (Å²) in [5.74, 6) is 2.45. The molecular formula is C26H32ClN3O2. The Kier molecular flexibility index (Phi) is 7.36. The van der Waals surface area contributed by atoms with Crippen molar-refractivity contribution in [3.8, 4) is 5.75 Å². The number of hydrogen-bond donors (Lipinski definition) is 1. The number of benzene rings is 2. The normalized spacial score (nSPS) is 13.5. The first-order valence-corrected chi connectivity index (χ1v) is 12.0. The van der Waals surface area contributed by atoms with E-state index in [2.05, 4.69) is 28.1 Å². The highest BCUT2D eigenvalue weighted by Crippen LogP contribution is 2.28. The van der Waals surface area contributed by atoms with Crippen LogP contribution in [0.2, 0.25) is 5.02 Å². The van der Waals surface area contributed by atoms with Gasteiger partial charge in [0, 0.05) is 30.5 Å². The summed E-state index contributed by atoms with van der Waals surface area (Å²) in [6.07, 6.45) is 5.83. The highest BCUT2D eigenvalue weighted by molar-refractivity contribution is 6.32. The van der Waals surface area contributed by atoms with Crippen LogP contribution in [0, 0.1) is 19.8 Å². The van der Waals surface area contributed by atoms with Gasteiger partial charge in [0.1, 0.15) is 11.6 Å². The van der Waals surface area contributed by atoms with Gasteiger partial charge in [-0.1, -0.05) is 23.7 Å². The van der Waals surface area contributed by atoms with Crippen LogP contribution in [-0.2, 0) is 17.8 Å². The summed E-state index contributed by atoms with van der Waals surface area (Å²) in [6, 6.07) is 12.3. The molecule has 1 saturated carbocycles. The predicted octanol–water partition coefficient (Wildman–Crippen LogP) is 5.62. The lowest BCUT2D eigenvalue weighted by Crippen LogP contribution is -2.26. The van der Waals surface area contributed by atoms with E-state index in [0.717, 1.165) is 78.3 Å². The number of imidazole rings is 1. The first-order chi connectivity index (χ1) is 15.5. The molecule has 170 valence electrons. The van der Waals surface area contributed by atoms with Gasteiger partial charge in [0.15, 0.2) is 0 Å². The van der Waals surface area contributed by atoms with Crippen molar-refractivity contribution in [1.29, 1.82) is 0 Å². The van der Waals surface area contributed by atoms with Crippen LogP contribution < -0.4 is 10.1 Å². The number of ether oxygens (including phenoxy) is 1. The third kappa shape index (κ3) is 5.63. The van der Waals surface area contributed by atoms with Crippen molar-refractivity contribution in [2.24, 2.45) is 5.92 Å². The van der Waals surface area contributed by atoms with Crippen LogP contribution in [0.4, 0.5) is 0 Å². The molecule has 0 unspecified atom stereocenters. The number of nitrogens with zero attached hydrogens (tertiary/aromatic N) is 2. The van der Waals surface area contributed by atoms with E-state index >= 15 is 0 Å². The number of amides is 1. The average molecular weight is 454 g/mol. The number of fused-ring (bicyclic) bond motifs is 1. The quantitative estimate of drug-likeness (QED) is 0.383. The van der Waals surface area contributed by atoms with Crippen LogP contribution >= 0.6 is 11.6 Å². The lowest BCUT2D eigenvalue weighted by atomic mass is 10.1. The van der Waals surface area contributed by atoms with Crippen molar-refractivity contribution < 1.29 is 9.53 Å². The fourth-order valence-electron chi connectivity index (χ4n) is 4.07. The zero-order valence-corrected chi connectivity index (χ0v) is 19.8. The molecule has 3 aromatic rings. The maximum atomic E-state index is 11.8. The summed E-state index contributed by atoms with van der Waals surface area (Å²) < 4.78 is 8.29. The summed E-state index contributed by atoms with van der Waals surface area (Å²) in [5, 5.41) is 3.86. The minimum Gasteiger partial charge on any atom is -0.494 e. The number of rotatable bonds is 11. The number of carbonyl (C=O) groups excluding carboxylic acids is 1. The molecule has 1 amide bonds. The van der Waals surface area contributed by atoms with Crippen LogP contribution in [0.3, 0.4) is 0 Å². The molecule has 5 nitrogen and oxygen atoms in total. The predicted molar refractivity (Wildman–Crippen MR) is 129 cm³/mol. The molecule has 0 aliphatic heterocycles. The second-order valence-electron chi connectivity index (χ2n) is 8.76. The molecule has 0 saturated heterocycles. The monoisotopic (exact) mass is 453 g/mol. The standard InChI is InChI=1S/C26H32ClN3O2/c1-18-16-21(17-19(2)25(18)27)32-15-6-5-14-30-23-9-4-3-8-22(23)29-24(30)10-7-13-28-26(31)20-11-12-20/h3-4,8-9,16-17,20H,5-7,10-15H2,1-2H3,(H,28,31). The van der Waals surface area contributed by atoms with Gasteiger partial charge >= 0.3 is 0 Å². The second-order valence-corrected chi connectivity index (χ2v) is 9.14. The molecule has 0 radical (unpaired) electrons. The van der Waals surface area contributed by atoms with Crippen molar-refractivity contribution in [3.63, 3.8) is 0 Å². The maximum absolute atomic E-state index is 11.8. The fraction of sp³-hybridized carbons (Fsp3) is 0.462. The summed E-state index contributed by atoms with van der Waals surface area (Å²) in [7, 11) is 0. The smallest absolute Gasteiger partial charge is 0.223 e. The number of carbonyl (C=O) groups is 1. The number of aryl methyl sites for hydroxylation is 4. The van der Waals surface area contributed by atoms with Gasteiger partial charge in [-0.05, 0) is 81.3 Å². The van der Waals surface area contributed by atoms with E-state index in [0.29, 0.717) is 13.2 Å². The molecule has 0 bridgehead atoms. The Morgan fingerprint density at radius 1 is 1.16 bits per heavy atom. The van der Waals surface area contributed by atoms with E-state index in [1.165, 1.54) is 5.52 Å². The molecular weight excluding hydrogens is 422 g/mol. The summed E-state index contributed by atoms with van der Waals surface area (Å²) in [5.41, 5.74) is 4.30. The lowest BCUT2D eigenvalue weighted by molar-refractivity contribution is -0.122. The molecule has 1 fully saturated rings. The third-order valence-corrected chi connectivity index (χ3v) is 6.61. The van der Waals surface area contributed by atoms with E-state index in [4.69, 9.17) is 21.3 Å². The Balaban J connectivity index is 1.29. The van der Waals surface area contributed by atoms with Gasteiger partial charge in [-0.2, -0.15) is 0 Å². The summed E-state index contributed by atoms with van der Waals surface area (Å²) in [6.45, 7) is 6.31. The van der Waals surface area contributed by atoms with Crippen molar-refractivity contribution in [2.45, 2.75) is 58.9 Å². The number of para-hydroxylation sites is 2. The number of hydrogen-bond acceptors (Lipinski definition) is 3. The number of halogens is 1. The molecule has 1 aromatic heterocycles. The van der Waals surface area contributed by atoms with Crippen molar-refractivity contribution >= 4 is 28.5 Å². The third-order valence-electron chi connectivity index (χ3n) is 6.01. The van der Waals surface area contributed by atoms with Gasteiger partial charge in [-0.25, -0.2) is 4.98 Å². The molecule has 6 heteroatoms. The molecule has 1 aliphatic rings. The van der Waals surface area contributed by atoms with Crippen LogP contribution in [0.25, 0.3) is 11.0 Å². The molecule has 32 heavy (non-hydrogen) atoms. The van der Waals surface area contributed by atoms with E-state index in [-0.39, 0.29) is 11.8 Å². The lowest BCUT2D eigenvalue weighted by Gasteiger charge is -2.12. The minimum atomic E-state index is 0.213. The number of unbranched alkanes of at least 4 members (excludes halogenated alkanes) is 1. The van der Waals surface area contributed by atoms with Crippen LogP contribution in [0.1, 0.15) is 49.1 Å². The fourth-order valence-corrected chi connectivity index (χ4v) is 4.17. The van der Waals surface area contributed by atoms with Gasteiger partial charge in [0.25, 0.3) is 0 Å². The van der Waals surface area contributed by atoms with E-state index < -0.39 is 0 Å². The maximum Gasteiger partial charge on any atom is 0.223 e. The molecule has 4 rings (SSSR count). The first kappa shape index (κ1) is 22.7. The molecule has 1 N–H and O–H groups in total. The van der Waals surface area contributed by atoms with Gasteiger partial charge in [0.2, 0.25) is 5.91 Å². The van der Waals surface area contributed by atoms with Crippen LogP contribution in [0.5, 0.6) is 5.75 Å². The Hall–Kier alpha value is -2.53. The SMILES string of the molecule is Cc1cc(OCCCCn2c(CCCNC(=O)C3CC3)nc3ccccc32)cc(C)c1Cl. The zero-order valence-electron chi connectivity index (χ0n) is 19.0. The largest absolute Gasteiger partial charge is 0.494 e. The van der Waals surface area contributed by atoms with E-state index in [1.807, 2.05) is 32.0 Å². The Morgan fingerprint density at radius 3 is 2.66 bits per heavy atom. The minimum absolute atomic E-state index is 0.213. The van der Waals surface area contributed by atoms with E-state index in [1.54, 1.807) is 0 Å². The highest BCUT2D eigenvalue weighted by Gasteiger charge is 2.29. The van der Waals surface area contributed by atoms with Crippen molar-refractivity contribution in [1.82, 2.24) is 14.9 Å². The Morgan fingerprint density at radius 2 is 1.91 bits per heavy atom. The Labute approximate surface area is 195 Å². The van der Waals surface area contributed by atoms with Crippen LogP contribution in [-0.4, -0.2) is 28.6 Å². The van der Waals surface area contributed by atoms with Crippen molar-refractivity contribution in [3.05, 3.63) is 58.4 Å². The Bertz CT molecular complexity index is 1060. The number of nitrogens with one attached hydrogen (secondary N) is 1. The second kappa shape index (κ2) is 10.4. The first-order valence-electron chi connectivity index (χ1n) is 11.6. The van der Waals surface area contributed by atoms with Gasteiger partial charge in [0.05, 0.1) is 17.6 Å². The van der Waals surface area contributed by atoms with E-state index in [9.17, 15) is 4.79 Å². The van der Waals surface area contributed by atoms with Crippen molar-refractivity contribution in [2.75, 3.05) is 13.2 Å². The molecule has 0 spiro atoms. The molecule has 1 aliphatic carbocycles. The summed E-state index contributed by atoms with van der Waals surface area (Å²) >= 11 is 6.25. The molecule has 2 aromatic carbocycles. The zero-order chi connectivity index (χ0) is 22.5. The van der Waals surface area contributed by atoms with Gasteiger partial charge in [-0.15, -0.1) is 0 Å². The number of aromatic nitrogens is 2. The van der Waals surface area contributed by atoms with Gasteiger partial charge in [-0.3, -0.25) is 4.79 Å².